The molecule has 3 aromatic carbocycles. The van der Waals surface area contributed by atoms with Crippen LogP contribution >= 0.6 is 11.6 Å². The molecule has 3 amide bonds. The van der Waals surface area contributed by atoms with Crippen molar-refractivity contribution in [2.24, 2.45) is 0 Å². The predicted octanol–water partition coefficient (Wildman–Crippen LogP) is 6.27. The molecular weight excluding hydrogens is 452 g/mol. The lowest BCUT2D eigenvalue weighted by molar-refractivity contribution is 0.0959. The number of benzene rings is 3. The minimum absolute atomic E-state index is 0.0236. The highest BCUT2D eigenvalue weighted by atomic mass is 35.5. The molecule has 10 heteroatoms. The average molecular weight is 467 g/mol. The molecule has 0 radical (unpaired) electrons. The first-order chi connectivity index (χ1) is 15.1. The topological polar surface area (TPSA) is 67.4 Å². The molecule has 3 aromatic rings. The van der Waals surface area contributed by atoms with E-state index in [9.17, 15) is 27.2 Å². The Bertz CT molecular complexity index is 1210. The van der Waals surface area contributed by atoms with E-state index in [1.807, 2.05) is 5.32 Å². The Morgan fingerprint density at radius 2 is 1.59 bits per heavy atom. The van der Waals surface area contributed by atoms with Crippen molar-refractivity contribution in [3.63, 3.8) is 0 Å². The monoisotopic (exact) mass is 466 g/mol. The van der Waals surface area contributed by atoms with Crippen molar-refractivity contribution in [2.75, 3.05) is 5.32 Å². The number of halogens is 5. The van der Waals surface area contributed by atoms with Gasteiger partial charge in [0.1, 0.15) is 28.8 Å². The molecule has 0 atom stereocenters. The van der Waals surface area contributed by atoms with Gasteiger partial charge in [-0.1, -0.05) is 17.7 Å². The zero-order valence-corrected chi connectivity index (χ0v) is 17.4. The molecule has 0 heterocycles. The van der Waals surface area contributed by atoms with Crippen molar-refractivity contribution >= 4 is 29.2 Å². The van der Waals surface area contributed by atoms with Gasteiger partial charge in [0, 0.05) is 11.8 Å². The number of aryl methyl sites for hydroxylation is 1. The highest BCUT2D eigenvalue weighted by Crippen LogP contribution is 2.39. The fraction of sp³-hybridized carbons (Fsp3) is 0.0909. The molecule has 5 nitrogen and oxygen atoms in total. The van der Waals surface area contributed by atoms with Crippen LogP contribution in [-0.4, -0.2) is 11.9 Å². The van der Waals surface area contributed by atoms with Crippen molar-refractivity contribution in [1.29, 1.82) is 0 Å². The summed E-state index contributed by atoms with van der Waals surface area (Å²) < 4.78 is 59.9. The van der Waals surface area contributed by atoms with Gasteiger partial charge in [0.25, 0.3) is 5.91 Å². The molecule has 0 aliphatic rings. The van der Waals surface area contributed by atoms with Crippen molar-refractivity contribution in [3.05, 3.63) is 87.4 Å². The Morgan fingerprint density at radius 1 is 0.938 bits per heavy atom. The van der Waals surface area contributed by atoms with E-state index in [2.05, 4.69) is 5.32 Å². The highest BCUT2D eigenvalue weighted by molar-refractivity contribution is 6.33. The van der Waals surface area contributed by atoms with Crippen LogP contribution in [0.25, 0.3) is 0 Å². The second kappa shape index (κ2) is 9.27. The molecule has 0 bridgehead atoms. The summed E-state index contributed by atoms with van der Waals surface area (Å²) in [6.45, 7) is 3.08. The minimum atomic E-state index is -1.27. The van der Waals surface area contributed by atoms with Gasteiger partial charge in [0.05, 0.1) is 5.02 Å². The van der Waals surface area contributed by atoms with Crippen LogP contribution in [0.4, 0.5) is 28.0 Å². The number of nitrogens with one attached hydrogen (secondary N) is 2. The van der Waals surface area contributed by atoms with E-state index in [1.54, 1.807) is 6.92 Å². The van der Waals surface area contributed by atoms with Crippen LogP contribution in [0.15, 0.2) is 42.5 Å². The molecule has 0 saturated heterocycles. The quantitative estimate of drug-likeness (QED) is 0.445. The predicted molar refractivity (Wildman–Crippen MR) is 110 cm³/mol. The molecule has 32 heavy (non-hydrogen) atoms. The van der Waals surface area contributed by atoms with Crippen molar-refractivity contribution in [1.82, 2.24) is 5.32 Å². The molecule has 0 fully saturated rings. The molecule has 0 aliphatic heterocycles. The van der Waals surface area contributed by atoms with Crippen LogP contribution in [0, 0.1) is 37.1 Å². The summed E-state index contributed by atoms with van der Waals surface area (Å²) in [5.74, 6) is -5.41. The van der Waals surface area contributed by atoms with E-state index in [0.717, 1.165) is 30.3 Å². The van der Waals surface area contributed by atoms with E-state index < -0.39 is 40.8 Å². The van der Waals surface area contributed by atoms with Crippen LogP contribution < -0.4 is 15.4 Å². The van der Waals surface area contributed by atoms with E-state index in [4.69, 9.17) is 16.3 Å². The van der Waals surface area contributed by atoms with Gasteiger partial charge < -0.3 is 10.1 Å². The lowest BCUT2D eigenvalue weighted by atomic mass is 10.1. The van der Waals surface area contributed by atoms with Gasteiger partial charge in [-0.2, -0.15) is 0 Å². The van der Waals surface area contributed by atoms with Gasteiger partial charge in [0.2, 0.25) is 0 Å². The first-order valence-corrected chi connectivity index (χ1v) is 9.45. The van der Waals surface area contributed by atoms with Gasteiger partial charge >= 0.3 is 6.03 Å². The van der Waals surface area contributed by atoms with Crippen molar-refractivity contribution in [2.45, 2.75) is 13.8 Å². The third kappa shape index (κ3) is 4.83. The molecule has 2 N–H and O–H groups in total. The third-order valence-electron chi connectivity index (χ3n) is 4.42. The van der Waals surface area contributed by atoms with E-state index in [1.165, 1.54) is 13.0 Å². The van der Waals surface area contributed by atoms with Gasteiger partial charge in [-0.05, 0) is 55.3 Å². The van der Waals surface area contributed by atoms with Gasteiger partial charge in [-0.3, -0.25) is 10.1 Å². The summed E-state index contributed by atoms with van der Waals surface area (Å²) >= 11 is 6.30. The molecular formula is C22H15ClF4N2O3. The fourth-order valence-corrected chi connectivity index (χ4v) is 3.10. The average Bonchev–Trinajstić information content (AvgIpc) is 2.70. The normalized spacial score (nSPS) is 10.6. The summed E-state index contributed by atoms with van der Waals surface area (Å²) in [4.78, 5) is 24.3. The molecule has 0 saturated carbocycles. The second-order valence-electron chi connectivity index (χ2n) is 6.69. The number of hydrogen-bond donors (Lipinski definition) is 2. The number of amides is 3. The molecule has 0 aromatic heterocycles. The summed E-state index contributed by atoms with van der Waals surface area (Å²) in [6.07, 6.45) is 0. The second-order valence-corrected chi connectivity index (χ2v) is 7.07. The van der Waals surface area contributed by atoms with Gasteiger partial charge in [0.15, 0.2) is 11.6 Å². The summed E-state index contributed by atoms with van der Waals surface area (Å²) in [5.41, 5.74) is -0.0575. The van der Waals surface area contributed by atoms with Crippen LogP contribution in [-0.2, 0) is 0 Å². The third-order valence-corrected chi connectivity index (χ3v) is 4.88. The van der Waals surface area contributed by atoms with Crippen LogP contribution in [0.5, 0.6) is 11.5 Å². The zero-order chi connectivity index (χ0) is 23.6. The Hall–Kier alpha value is -3.59. The van der Waals surface area contributed by atoms with Crippen LogP contribution in [0.3, 0.4) is 0 Å². The first kappa shape index (κ1) is 23.1. The van der Waals surface area contributed by atoms with Crippen LogP contribution in [0.2, 0.25) is 5.02 Å². The Labute approximate surface area is 185 Å². The lowest BCUT2D eigenvalue weighted by Crippen LogP contribution is -2.35. The smallest absolute Gasteiger partial charge is 0.326 e. The number of anilines is 1. The Kier molecular flexibility index (Phi) is 6.69. The lowest BCUT2D eigenvalue weighted by Gasteiger charge is -2.17. The number of urea groups is 1. The van der Waals surface area contributed by atoms with Crippen LogP contribution in [0.1, 0.15) is 21.5 Å². The highest BCUT2D eigenvalue weighted by Gasteiger charge is 2.21. The minimum Gasteiger partial charge on any atom is -0.452 e. The van der Waals surface area contributed by atoms with Gasteiger partial charge in [-0.25, -0.2) is 22.4 Å². The standard InChI is InChI=1S/C22H15ClF4N2O3/c1-10-8-16(28-22(31)29-21(30)18-13(25)4-3-5-14(18)26)11(2)19(23)20(10)32-17-7-6-12(24)9-15(17)27/h3-9H,1-2H3,(H2,28,29,30,31). The molecule has 166 valence electrons. The maximum atomic E-state index is 13.9. The van der Waals surface area contributed by atoms with Crippen molar-refractivity contribution in [3.8, 4) is 11.5 Å². The molecule has 0 spiro atoms. The number of hydrogen-bond acceptors (Lipinski definition) is 3. The molecule has 3 rings (SSSR count). The van der Waals surface area contributed by atoms with E-state index >= 15 is 0 Å². The number of carbonyl (C=O) groups excluding carboxylic acids is 2. The molecule has 0 unspecified atom stereocenters. The Balaban J connectivity index is 1.80. The maximum absolute atomic E-state index is 13.9. The fourth-order valence-electron chi connectivity index (χ4n) is 2.81. The zero-order valence-electron chi connectivity index (χ0n) is 16.7. The van der Waals surface area contributed by atoms with Gasteiger partial charge in [-0.15, -0.1) is 0 Å². The van der Waals surface area contributed by atoms with E-state index in [0.29, 0.717) is 17.2 Å². The van der Waals surface area contributed by atoms with E-state index in [-0.39, 0.29) is 22.2 Å². The number of imide groups is 1. The number of rotatable bonds is 4. The first-order valence-electron chi connectivity index (χ1n) is 9.07. The Morgan fingerprint density at radius 3 is 2.22 bits per heavy atom. The largest absolute Gasteiger partial charge is 0.452 e. The maximum Gasteiger partial charge on any atom is 0.326 e. The summed E-state index contributed by atoms with van der Waals surface area (Å²) in [7, 11) is 0. The molecule has 0 aliphatic carbocycles. The SMILES string of the molecule is Cc1cc(NC(=O)NC(=O)c2c(F)cccc2F)c(C)c(Cl)c1Oc1ccc(F)cc1F. The summed E-state index contributed by atoms with van der Waals surface area (Å²) in [6, 6.07) is 5.99. The number of ether oxygens (including phenoxy) is 1. The summed E-state index contributed by atoms with van der Waals surface area (Å²) in [5, 5.41) is 4.22. The van der Waals surface area contributed by atoms with Crippen molar-refractivity contribution < 1.29 is 31.9 Å². The number of carbonyl (C=O) groups is 2.